The van der Waals surface area contributed by atoms with Gasteiger partial charge in [-0.05, 0) is 24.3 Å². The third-order valence-electron chi connectivity index (χ3n) is 2.90. The molecule has 1 aliphatic heterocycles. The molecule has 1 saturated heterocycles. The second kappa shape index (κ2) is 6.19. The Kier molecular flexibility index (Phi) is 4.35. The van der Waals surface area contributed by atoms with E-state index in [-0.39, 0.29) is 24.4 Å². The van der Waals surface area contributed by atoms with Gasteiger partial charge in [0.25, 0.3) is 0 Å². The van der Waals surface area contributed by atoms with Crippen molar-refractivity contribution in [3.63, 3.8) is 0 Å². The van der Waals surface area contributed by atoms with Crippen LogP contribution in [0.1, 0.15) is 6.42 Å². The van der Waals surface area contributed by atoms with Crippen molar-refractivity contribution in [2.24, 2.45) is 0 Å². The molecule has 1 heterocycles. The van der Waals surface area contributed by atoms with Crippen molar-refractivity contribution in [1.82, 2.24) is 10.6 Å². The molecule has 2 amide bonds. The van der Waals surface area contributed by atoms with Crippen LogP contribution in [0.2, 0.25) is 0 Å². The lowest BCUT2D eigenvalue weighted by molar-refractivity contribution is -0.119. The number of carbonyl (C=O) groups excluding carboxylic acids is 2. The number of methoxy groups -OCH3 is 1. The number of rotatable bonds is 5. The van der Waals surface area contributed by atoms with Crippen LogP contribution in [0.4, 0.5) is 5.69 Å². The molecule has 1 fully saturated rings. The van der Waals surface area contributed by atoms with Crippen LogP contribution >= 0.6 is 0 Å². The van der Waals surface area contributed by atoms with Crippen molar-refractivity contribution in [1.29, 1.82) is 0 Å². The highest BCUT2D eigenvalue weighted by Crippen LogP contribution is 2.14. The summed E-state index contributed by atoms with van der Waals surface area (Å²) in [4.78, 5) is 22.7. The van der Waals surface area contributed by atoms with Gasteiger partial charge in [0.15, 0.2) is 0 Å². The van der Waals surface area contributed by atoms with Gasteiger partial charge >= 0.3 is 0 Å². The maximum Gasteiger partial charge on any atom is 0.238 e. The van der Waals surface area contributed by atoms with E-state index in [2.05, 4.69) is 16.0 Å². The van der Waals surface area contributed by atoms with E-state index in [1.54, 1.807) is 31.4 Å². The Morgan fingerprint density at radius 2 is 2.16 bits per heavy atom. The smallest absolute Gasteiger partial charge is 0.238 e. The second-order valence-electron chi connectivity index (χ2n) is 4.36. The number of anilines is 1. The highest BCUT2D eigenvalue weighted by Gasteiger charge is 2.21. The molecule has 6 heteroatoms. The van der Waals surface area contributed by atoms with Gasteiger partial charge in [0.05, 0.1) is 13.7 Å². The topological polar surface area (TPSA) is 79.5 Å². The number of hydrogen-bond donors (Lipinski definition) is 3. The number of nitrogens with one attached hydrogen (secondary N) is 3. The fourth-order valence-corrected chi connectivity index (χ4v) is 1.87. The predicted octanol–water partition coefficient (Wildman–Crippen LogP) is 0.112. The molecule has 0 radical (unpaired) electrons. The highest BCUT2D eigenvalue weighted by molar-refractivity contribution is 5.92. The maximum atomic E-state index is 11.7. The third kappa shape index (κ3) is 3.96. The zero-order chi connectivity index (χ0) is 13.7. The summed E-state index contributed by atoms with van der Waals surface area (Å²) in [5, 5.41) is 8.51. The maximum absolute atomic E-state index is 11.7. The van der Waals surface area contributed by atoms with Crippen LogP contribution < -0.4 is 20.7 Å². The molecule has 0 aromatic heterocycles. The SMILES string of the molecule is COc1ccc(NC(=O)CNC2CNC(=O)C2)cc1. The van der Waals surface area contributed by atoms with E-state index < -0.39 is 0 Å². The first-order chi connectivity index (χ1) is 9.17. The zero-order valence-corrected chi connectivity index (χ0v) is 10.7. The fraction of sp³-hybridized carbons (Fsp3) is 0.385. The van der Waals surface area contributed by atoms with E-state index in [1.165, 1.54) is 0 Å². The summed E-state index contributed by atoms with van der Waals surface area (Å²) in [6, 6.07) is 7.15. The van der Waals surface area contributed by atoms with Crippen LogP contribution in [0.3, 0.4) is 0 Å². The zero-order valence-electron chi connectivity index (χ0n) is 10.7. The van der Waals surface area contributed by atoms with E-state index in [0.717, 1.165) is 5.75 Å². The summed E-state index contributed by atoms with van der Waals surface area (Å²) in [7, 11) is 1.59. The summed E-state index contributed by atoms with van der Waals surface area (Å²) in [5.41, 5.74) is 0.716. The number of benzene rings is 1. The molecule has 19 heavy (non-hydrogen) atoms. The minimum absolute atomic E-state index is 0.0214. The molecule has 0 spiro atoms. The molecular formula is C13H17N3O3. The molecule has 0 saturated carbocycles. The van der Waals surface area contributed by atoms with E-state index in [0.29, 0.717) is 18.7 Å². The third-order valence-corrected chi connectivity index (χ3v) is 2.90. The Bertz CT molecular complexity index is 459. The molecule has 1 aromatic rings. The van der Waals surface area contributed by atoms with Crippen LogP contribution in [-0.4, -0.2) is 38.1 Å². The highest BCUT2D eigenvalue weighted by atomic mass is 16.5. The van der Waals surface area contributed by atoms with Crippen LogP contribution in [0.15, 0.2) is 24.3 Å². The van der Waals surface area contributed by atoms with Gasteiger partial charge in [-0.3, -0.25) is 9.59 Å². The molecule has 0 bridgehead atoms. The summed E-state index contributed by atoms with van der Waals surface area (Å²) >= 11 is 0. The number of amides is 2. The number of ether oxygens (including phenoxy) is 1. The molecular weight excluding hydrogens is 246 g/mol. The van der Waals surface area contributed by atoms with Gasteiger partial charge in [0.2, 0.25) is 11.8 Å². The molecule has 102 valence electrons. The van der Waals surface area contributed by atoms with Gasteiger partial charge in [0, 0.05) is 24.7 Å². The monoisotopic (exact) mass is 263 g/mol. The fourth-order valence-electron chi connectivity index (χ4n) is 1.87. The Morgan fingerprint density at radius 1 is 1.42 bits per heavy atom. The summed E-state index contributed by atoms with van der Waals surface area (Å²) in [6.45, 7) is 0.764. The quantitative estimate of drug-likeness (QED) is 0.704. The minimum atomic E-state index is -0.135. The summed E-state index contributed by atoms with van der Waals surface area (Å²) in [5.74, 6) is 0.629. The molecule has 1 aromatic carbocycles. The molecule has 2 rings (SSSR count). The predicted molar refractivity (Wildman–Crippen MR) is 71.0 cm³/mol. The van der Waals surface area contributed by atoms with Crippen molar-refractivity contribution >= 4 is 17.5 Å². The summed E-state index contributed by atoms with van der Waals surface area (Å²) in [6.07, 6.45) is 0.426. The average Bonchev–Trinajstić information content (AvgIpc) is 2.83. The summed E-state index contributed by atoms with van der Waals surface area (Å²) < 4.78 is 5.04. The average molecular weight is 263 g/mol. The standard InChI is InChI=1S/C13H17N3O3/c1-19-11-4-2-9(3-5-11)16-13(18)8-14-10-6-12(17)15-7-10/h2-5,10,14H,6-8H2,1H3,(H,15,17)(H,16,18). The van der Waals surface area contributed by atoms with Crippen LogP contribution in [0, 0.1) is 0 Å². The molecule has 0 aliphatic carbocycles. The van der Waals surface area contributed by atoms with Crippen LogP contribution in [0.25, 0.3) is 0 Å². The van der Waals surface area contributed by atoms with Gasteiger partial charge in [-0.25, -0.2) is 0 Å². The molecule has 1 aliphatic rings. The molecule has 3 N–H and O–H groups in total. The Balaban J connectivity index is 1.75. The number of carbonyl (C=O) groups is 2. The van der Waals surface area contributed by atoms with E-state index in [4.69, 9.17) is 4.74 Å². The lowest BCUT2D eigenvalue weighted by Crippen LogP contribution is -2.37. The van der Waals surface area contributed by atoms with E-state index in [1.807, 2.05) is 0 Å². The first-order valence-electron chi connectivity index (χ1n) is 6.11. The van der Waals surface area contributed by atoms with Crippen molar-refractivity contribution in [3.8, 4) is 5.75 Å². The largest absolute Gasteiger partial charge is 0.497 e. The van der Waals surface area contributed by atoms with E-state index in [9.17, 15) is 9.59 Å². The van der Waals surface area contributed by atoms with Gasteiger partial charge in [-0.2, -0.15) is 0 Å². The van der Waals surface area contributed by atoms with Gasteiger partial charge < -0.3 is 20.7 Å². The first-order valence-corrected chi connectivity index (χ1v) is 6.11. The second-order valence-corrected chi connectivity index (χ2v) is 4.36. The Morgan fingerprint density at radius 3 is 2.74 bits per heavy atom. The lowest BCUT2D eigenvalue weighted by Gasteiger charge is -2.10. The van der Waals surface area contributed by atoms with Crippen LogP contribution in [0.5, 0.6) is 5.75 Å². The van der Waals surface area contributed by atoms with Crippen molar-refractivity contribution in [2.75, 3.05) is 25.5 Å². The molecule has 1 atom stereocenters. The molecule has 1 unspecified atom stereocenters. The number of hydrogen-bond acceptors (Lipinski definition) is 4. The normalized spacial score (nSPS) is 17.9. The Labute approximate surface area is 111 Å². The van der Waals surface area contributed by atoms with Crippen LogP contribution in [-0.2, 0) is 9.59 Å². The minimum Gasteiger partial charge on any atom is -0.497 e. The van der Waals surface area contributed by atoms with Gasteiger partial charge in [-0.15, -0.1) is 0 Å². The van der Waals surface area contributed by atoms with Crippen molar-refractivity contribution in [2.45, 2.75) is 12.5 Å². The first kappa shape index (κ1) is 13.4. The lowest BCUT2D eigenvalue weighted by atomic mass is 10.2. The van der Waals surface area contributed by atoms with Crippen molar-refractivity contribution in [3.05, 3.63) is 24.3 Å². The van der Waals surface area contributed by atoms with E-state index >= 15 is 0 Å². The molecule has 6 nitrogen and oxygen atoms in total. The van der Waals surface area contributed by atoms with Gasteiger partial charge in [-0.1, -0.05) is 0 Å². The van der Waals surface area contributed by atoms with Gasteiger partial charge in [0.1, 0.15) is 5.75 Å². The Hall–Kier alpha value is -2.08. The van der Waals surface area contributed by atoms with Crippen molar-refractivity contribution < 1.29 is 14.3 Å².